The fourth-order valence-corrected chi connectivity index (χ4v) is 3.06. The molecule has 0 aliphatic rings. The molecular formula is C22H18FN3O3. The molecule has 0 saturated heterocycles. The van der Waals surface area contributed by atoms with Gasteiger partial charge in [0.2, 0.25) is 0 Å². The molecular weight excluding hydrogens is 373 g/mol. The van der Waals surface area contributed by atoms with Gasteiger partial charge in [-0.3, -0.25) is 9.59 Å². The van der Waals surface area contributed by atoms with E-state index in [9.17, 15) is 14.0 Å². The van der Waals surface area contributed by atoms with Crippen LogP contribution >= 0.6 is 0 Å². The van der Waals surface area contributed by atoms with E-state index >= 15 is 0 Å². The van der Waals surface area contributed by atoms with Gasteiger partial charge in [0.15, 0.2) is 0 Å². The Morgan fingerprint density at radius 1 is 1.07 bits per heavy atom. The Bertz CT molecular complexity index is 1180. The predicted octanol–water partition coefficient (Wildman–Crippen LogP) is 4.39. The largest absolute Gasteiger partial charge is 0.467 e. The second kappa shape index (κ2) is 7.63. The summed E-state index contributed by atoms with van der Waals surface area (Å²) in [6, 6.07) is 14.3. The highest BCUT2D eigenvalue weighted by atomic mass is 19.1. The maximum atomic E-state index is 13.2. The fraction of sp³-hybridized carbons (Fsp3) is 0.0909. The molecule has 6 nitrogen and oxygen atoms in total. The molecule has 0 fully saturated rings. The lowest BCUT2D eigenvalue weighted by atomic mass is 10.1. The normalized spacial score (nSPS) is 10.8. The Labute approximate surface area is 165 Å². The van der Waals surface area contributed by atoms with Gasteiger partial charge in [0.25, 0.3) is 11.8 Å². The van der Waals surface area contributed by atoms with Crippen LogP contribution in [0.5, 0.6) is 0 Å². The zero-order valence-corrected chi connectivity index (χ0v) is 15.6. The van der Waals surface area contributed by atoms with Gasteiger partial charge < -0.3 is 20.0 Å². The van der Waals surface area contributed by atoms with Gasteiger partial charge in [0.05, 0.1) is 18.5 Å². The second-order valence-corrected chi connectivity index (χ2v) is 6.65. The number of hydrogen-bond donors (Lipinski definition) is 3. The number of benzene rings is 2. The predicted molar refractivity (Wildman–Crippen MR) is 107 cm³/mol. The Hall–Kier alpha value is -3.87. The van der Waals surface area contributed by atoms with Crippen LogP contribution in [-0.2, 0) is 6.54 Å². The van der Waals surface area contributed by atoms with Crippen molar-refractivity contribution in [1.29, 1.82) is 0 Å². The molecule has 0 atom stereocenters. The van der Waals surface area contributed by atoms with Gasteiger partial charge in [-0.1, -0.05) is 11.6 Å². The number of furan rings is 1. The van der Waals surface area contributed by atoms with Crippen LogP contribution in [-0.4, -0.2) is 16.8 Å². The number of hydrogen-bond acceptors (Lipinski definition) is 3. The number of aromatic nitrogens is 1. The van der Waals surface area contributed by atoms with Crippen molar-refractivity contribution in [1.82, 2.24) is 10.3 Å². The van der Waals surface area contributed by atoms with E-state index in [0.29, 0.717) is 22.4 Å². The van der Waals surface area contributed by atoms with E-state index in [4.69, 9.17) is 4.42 Å². The number of nitrogens with one attached hydrogen (secondary N) is 3. The quantitative estimate of drug-likeness (QED) is 0.471. The molecule has 0 unspecified atom stereocenters. The van der Waals surface area contributed by atoms with Gasteiger partial charge in [-0.25, -0.2) is 4.39 Å². The van der Waals surface area contributed by atoms with Crippen molar-refractivity contribution in [2.75, 3.05) is 5.32 Å². The van der Waals surface area contributed by atoms with Crippen LogP contribution in [0.2, 0.25) is 0 Å². The van der Waals surface area contributed by atoms with Crippen LogP contribution in [0.1, 0.15) is 32.2 Å². The van der Waals surface area contributed by atoms with Crippen LogP contribution in [0.15, 0.2) is 65.3 Å². The molecule has 3 N–H and O–H groups in total. The maximum absolute atomic E-state index is 13.2. The Morgan fingerprint density at radius 3 is 2.59 bits per heavy atom. The lowest BCUT2D eigenvalue weighted by Crippen LogP contribution is -2.24. The molecule has 0 bridgehead atoms. The zero-order chi connectivity index (χ0) is 20.4. The van der Waals surface area contributed by atoms with Crippen molar-refractivity contribution in [3.63, 3.8) is 0 Å². The van der Waals surface area contributed by atoms with E-state index in [1.54, 1.807) is 12.1 Å². The Balaban J connectivity index is 1.67. The van der Waals surface area contributed by atoms with E-state index in [1.807, 2.05) is 25.1 Å². The van der Waals surface area contributed by atoms with Crippen LogP contribution in [0.4, 0.5) is 10.1 Å². The summed E-state index contributed by atoms with van der Waals surface area (Å²) in [5, 5.41) is 6.28. The number of rotatable bonds is 5. The van der Waals surface area contributed by atoms with E-state index in [1.165, 1.54) is 30.5 Å². The molecule has 0 radical (unpaired) electrons. The number of carbonyl (C=O) groups excluding carboxylic acids is 2. The summed E-state index contributed by atoms with van der Waals surface area (Å²) < 4.78 is 18.4. The minimum atomic E-state index is -0.438. The summed E-state index contributed by atoms with van der Waals surface area (Å²) in [6.07, 6.45) is 1.53. The number of amides is 2. The van der Waals surface area contributed by atoms with Crippen molar-refractivity contribution in [2.45, 2.75) is 13.5 Å². The zero-order valence-electron chi connectivity index (χ0n) is 15.6. The summed E-state index contributed by atoms with van der Waals surface area (Å²) in [5.74, 6) is -0.637. The highest BCUT2D eigenvalue weighted by molar-refractivity contribution is 6.15. The molecule has 7 heteroatoms. The number of H-pyrrole nitrogens is 1. The molecule has 2 amide bonds. The minimum absolute atomic E-state index is 0.214. The first-order valence-electron chi connectivity index (χ1n) is 9.01. The average Bonchev–Trinajstić information content (AvgIpc) is 3.35. The van der Waals surface area contributed by atoms with E-state index in [2.05, 4.69) is 15.6 Å². The SMILES string of the molecule is Cc1ccc2[nH]c(C(=O)NCc3ccco3)c(NC(=O)c3ccc(F)cc3)c2c1. The summed E-state index contributed by atoms with van der Waals surface area (Å²) in [7, 11) is 0. The molecule has 4 rings (SSSR count). The number of aromatic amines is 1. The first-order chi connectivity index (χ1) is 14.0. The molecule has 0 aliphatic carbocycles. The molecule has 29 heavy (non-hydrogen) atoms. The smallest absolute Gasteiger partial charge is 0.270 e. The highest BCUT2D eigenvalue weighted by Gasteiger charge is 2.20. The lowest BCUT2D eigenvalue weighted by molar-refractivity contribution is 0.0944. The third-order valence-electron chi connectivity index (χ3n) is 4.53. The van der Waals surface area contributed by atoms with Gasteiger partial charge in [0.1, 0.15) is 17.3 Å². The van der Waals surface area contributed by atoms with Crippen molar-refractivity contribution >= 4 is 28.4 Å². The van der Waals surface area contributed by atoms with Gasteiger partial charge in [-0.15, -0.1) is 0 Å². The number of carbonyl (C=O) groups is 2. The molecule has 146 valence electrons. The third-order valence-corrected chi connectivity index (χ3v) is 4.53. The van der Waals surface area contributed by atoms with Crippen LogP contribution in [0.3, 0.4) is 0 Å². The first kappa shape index (κ1) is 18.5. The van der Waals surface area contributed by atoms with Gasteiger partial charge in [0, 0.05) is 16.5 Å². The molecule has 4 aromatic rings. The fourth-order valence-electron chi connectivity index (χ4n) is 3.06. The van der Waals surface area contributed by atoms with Crippen LogP contribution < -0.4 is 10.6 Å². The third kappa shape index (κ3) is 3.89. The summed E-state index contributed by atoms with van der Waals surface area (Å²) in [6.45, 7) is 2.14. The Kier molecular flexibility index (Phi) is 4.87. The van der Waals surface area contributed by atoms with Gasteiger partial charge >= 0.3 is 0 Å². The Morgan fingerprint density at radius 2 is 1.86 bits per heavy atom. The molecule has 2 aromatic heterocycles. The molecule has 0 saturated carbocycles. The lowest BCUT2D eigenvalue weighted by Gasteiger charge is -2.08. The van der Waals surface area contributed by atoms with E-state index < -0.39 is 11.7 Å². The van der Waals surface area contributed by atoms with Crippen molar-refractivity contribution in [3.8, 4) is 0 Å². The number of anilines is 1. The summed E-state index contributed by atoms with van der Waals surface area (Å²) in [5.41, 5.74) is 2.59. The van der Waals surface area contributed by atoms with Crippen LogP contribution in [0.25, 0.3) is 10.9 Å². The second-order valence-electron chi connectivity index (χ2n) is 6.65. The molecule has 0 spiro atoms. The summed E-state index contributed by atoms with van der Waals surface area (Å²) >= 11 is 0. The molecule has 2 aromatic carbocycles. The minimum Gasteiger partial charge on any atom is -0.467 e. The number of aryl methyl sites for hydroxylation is 1. The van der Waals surface area contributed by atoms with Crippen molar-refractivity contribution in [3.05, 3.63) is 89.3 Å². The molecule has 2 heterocycles. The topological polar surface area (TPSA) is 87.1 Å². The molecule has 0 aliphatic heterocycles. The van der Waals surface area contributed by atoms with Gasteiger partial charge in [-0.05, 0) is 55.5 Å². The van der Waals surface area contributed by atoms with Gasteiger partial charge in [-0.2, -0.15) is 0 Å². The van der Waals surface area contributed by atoms with Crippen LogP contribution in [0, 0.1) is 12.7 Å². The van der Waals surface area contributed by atoms with E-state index in [-0.39, 0.29) is 23.7 Å². The summed E-state index contributed by atoms with van der Waals surface area (Å²) in [4.78, 5) is 28.5. The average molecular weight is 391 g/mol. The van der Waals surface area contributed by atoms with Crippen molar-refractivity contribution in [2.24, 2.45) is 0 Å². The number of halogens is 1. The van der Waals surface area contributed by atoms with E-state index in [0.717, 1.165) is 5.56 Å². The maximum Gasteiger partial charge on any atom is 0.270 e. The highest BCUT2D eigenvalue weighted by Crippen LogP contribution is 2.29. The standard InChI is InChI=1S/C22H18FN3O3/c1-13-4-9-18-17(11-13)19(26-21(27)14-5-7-15(23)8-6-14)20(25-18)22(28)24-12-16-3-2-10-29-16/h2-11,25H,12H2,1H3,(H,24,28)(H,26,27). The number of fused-ring (bicyclic) bond motifs is 1. The van der Waals surface area contributed by atoms with Crippen molar-refractivity contribution < 1.29 is 18.4 Å². The first-order valence-corrected chi connectivity index (χ1v) is 9.01. The monoisotopic (exact) mass is 391 g/mol.